The van der Waals surface area contributed by atoms with Crippen molar-refractivity contribution in [3.8, 4) is 90.5 Å². The van der Waals surface area contributed by atoms with E-state index in [1.165, 1.54) is 4.90 Å². The molecular formula is C96H76N2O8. The van der Waals surface area contributed by atoms with E-state index in [1.54, 1.807) is 23.1 Å². The van der Waals surface area contributed by atoms with Gasteiger partial charge in [0.15, 0.2) is 6.23 Å². The molecule has 17 rings (SSSR count). The van der Waals surface area contributed by atoms with Gasteiger partial charge >= 0.3 is 0 Å². The summed E-state index contributed by atoms with van der Waals surface area (Å²) in [5, 5.41) is 17.3. The maximum absolute atomic E-state index is 16.8. The van der Waals surface area contributed by atoms with Crippen molar-refractivity contribution in [3.63, 3.8) is 0 Å². The van der Waals surface area contributed by atoms with Crippen LogP contribution in [-0.4, -0.2) is 22.8 Å². The molecule has 0 saturated heterocycles. The van der Waals surface area contributed by atoms with Crippen LogP contribution in [0.4, 0.5) is 11.4 Å². The average molecular weight is 1390 g/mol. The molecule has 0 radical (unpaired) electrons. The van der Waals surface area contributed by atoms with E-state index in [-0.39, 0.29) is 63.4 Å². The number of fused-ring (bicyclic) bond motifs is 2. The minimum atomic E-state index is -1.58. The van der Waals surface area contributed by atoms with Crippen molar-refractivity contribution in [3.05, 3.63) is 324 Å². The summed E-state index contributed by atoms with van der Waals surface area (Å²) in [6.45, 7) is 16.7. The van der Waals surface area contributed by atoms with Crippen molar-refractivity contribution in [2.45, 2.75) is 85.3 Å². The number of rotatable bonds is 18. The van der Waals surface area contributed by atoms with Crippen LogP contribution in [0, 0.1) is 0 Å². The normalized spacial score (nSPS) is 13.6. The highest BCUT2D eigenvalue weighted by Crippen LogP contribution is 2.60. The molecule has 15 aromatic carbocycles. The molecule has 2 heterocycles. The standard InChI is InChI=1S/C96H76N2O8/c1-55(2)71-31-21-32-72(56(3)4)91(71)97-93(99)75-51-79(103-67-43-35-63(36-44-67)59-23-13-9-14-24-59)85-87-81(105-69-47-39-65(40-48-69)61-27-17-11-18-28-61)53-77-84-78(96(102)98(95(77)101)92-73(57(5)6)33-22-34-74(92)58(7)8)54-82(106-70-49-41-66(42-50-70)62-29-19-12-20-30-62)88(90(84)87)86-80(52-76(94(97)100)83(75)89(85)86)104-68-45-37-64(38-46-68)60-25-15-10-16-26-60/h9-58,93,99H,1-8H3. The highest BCUT2D eigenvalue weighted by atomic mass is 16.5. The second-order valence-corrected chi connectivity index (χ2v) is 28.9. The Balaban J connectivity index is 1.04. The predicted octanol–water partition coefficient (Wildman–Crippen LogP) is 25.5. The lowest BCUT2D eigenvalue weighted by Gasteiger charge is -2.38. The number of amides is 3. The van der Waals surface area contributed by atoms with Crippen LogP contribution in [-0.2, 0) is 0 Å². The topological polar surface area (TPSA) is 115 Å². The number of hydrogen-bond donors (Lipinski definition) is 1. The number of carbonyl (C=O) groups is 3. The Morgan fingerprint density at radius 3 is 0.840 bits per heavy atom. The van der Waals surface area contributed by atoms with E-state index in [2.05, 4.69) is 104 Å². The number of benzene rings is 15. The first-order valence-corrected chi connectivity index (χ1v) is 36.4. The second kappa shape index (κ2) is 26.9. The molecule has 1 atom stereocenters. The van der Waals surface area contributed by atoms with E-state index in [9.17, 15) is 5.11 Å². The van der Waals surface area contributed by atoms with E-state index in [4.69, 9.17) is 18.9 Å². The first kappa shape index (κ1) is 66.6. The molecule has 0 saturated carbocycles. The lowest BCUT2D eigenvalue weighted by atomic mass is 9.80. The van der Waals surface area contributed by atoms with E-state index in [0.717, 1.165) is 66.8 Å². The minimum absolute atomic E-state index is 0.0615. The van der Waals surface area contributed by atoms with Gasteiger partial charge in [-0.1, -0.05) is 262 Å². The lowest BCUT2D eigenvalue weighted by Crippen LogP contribution is -2.42. The Kier molecular flexibility index (Phi) is 16.9. The fraction of sp³-hybridized carbons (Fsp3) is 0.135. The van der Waals surface area contributed by atoms with Crippen LogP contribution >= 0.6 is 0 Å². The molecule has 0 fully saturated rings. The third-order valence-corrected chi connectivity index (χ3v) is 20.9. The van der Waals surface area contributed by atoms with Gasteiger partial charge in [-0.3, -0.25) is 19.3 Å². The first-order valence-electron chi connectivity index (χ1n) is 36.4. The molecule has 2 aliphatic rings. The summed E-state index contributed by atoms with van der Waals surface area (Å²) < 4.78 is 30.1. The Morgan fingerprint density at radius 2 is 0.538 bits per heavy atom. The molecule has 15 aromatic rings. The number of anilines is 2. The fourth-order valence-corrected chi connectivity index (χ4v) is 15.8. The molecule has 1 N–H and O–H groups in total. The number of para-hydroxylation sites is 2. The Labute approximate surface area is 616 Å². The van der Waals surface area contributed by atoms with Gasteiger partial charge in [0.25, 0.3) is 17.7 Å². The molecule has 10 nitrogen and oxygen atoms in total. The van der Waals surface area contributed by atoms with Gasteiger partial charge in [0.1, 0.15) is 46.0 Å². The maximum Gasteiger partial charge on any atom is 0.266 e. The molecule has 0 bridgehead atoms. The Hall–Kier alpha value is -12.6. The van der Waals surface area contributed by atoms with Crippen LogP contribution in [0.15, 0.2) is 279 Å². The van der Waals surface area contributed by atoms with Gasteiger partial charge < -0.3 is 24.1 Å². The molecule has 0 aromatic heterocycles. The fourth-order valence-electron chi connectivity index (χ4n) is 15.8. The van der Waals surface area contributed by atoms with Gasteiger partial charge in [-0.25, -0.2) is 4.90 Å². The first-order chi connectivity index (χ1) is 51.6. The van der Waals surface area contributed by atoms with Crippen LogP contribution < -0.4 is 28.7 Å². The van der Waals surface area contributed by atoms with Crippen LogP contribution in [0.25, 0.3) is 87.6 Å². The smallest absolute Gasteiger partial charge is 0.266 e. The molecule has 0 spiro atoms. The summed E-state index contributed by atoms with van der Waals surface area (Å²) in [6.07, 6.45) is -1.58. The van der Waals surface area contributed by atoms with Gasteiger partial charge in [0.2, 0.25) is 0 Å². The van der Waals surface area contributed by atoms with E-state index in [0.29, 0.717) is 83.0 Å². The van der Waals surface area contributed by atoms with E-state index in [1.807, 2.05) is 212 Å². The third kappa shape index (κ3) is 11.4. The highest BCUT2D eigenvalue weighted by molar-refractivity contribution is 6.46. The van der Waals surface area contributed by atoms with Gasteiger partial charge in [-0.2, -0.15) is 0 Å². The molecule has 3 amide bonds. The third-order valence-electron chi connectivity index (χ3n) is 20.9. The molecular weight excluding hydrogens is 1310 g/mol. The number of aliphatic hydroxyl groups excluding tert-OH is 1. The van der Waals surface area contributed by atoms with Crippen molar-refractivity contribution in [1.82, 2.24) is 0 Å². The average Bonchev–Trinajstić information content (AvgIpc) is 0.670. The summed E-state index contributed by atoms with van der Waals surface area (Å²) in [4.78, 5) is 53.1. The zero-order valence-electron chi connectivity index (χ0n) is 60.1. The van der Waals surface area contributed by atoms with Crippen LogP contribution in [0.1, 0.15) is 144 Å². The maximum atomic E-state index is 16.8. The van der Waals surface area contributed by atoms with Gasteiger partial charge in [-0.05, 0) is 163 Å². The van der Waals surface area contributed by atoms with Crippen LogP contribution in [0.3, 0.4) is 0 Å². The number of nitrogens with zero attached hydrogens (tertiary/aromatic N) is 2. The molecule has 10 heteroatoms. The molecule has 0 aliphatic carbocycles. The predicted molar refractivity (Wildman–Crippen MR) is 428 cm³/mol. The Bertz CT molecular complexity index is 5730. The Morgan fingerprint density at radius 1 is 0.274 bits per heavy atom. The van der Waals surface area contributed by atoms with Gasteiger partial charge in [-0.15, -0.1) is 0 Å². The summed E-state index contributed by atoms with van der Waals surface area (Å²) >= 11 is 0. The number of hydrogen-bond acceptors (Lipinski definition) is 8. The number of carbonyl (C=O) groups excluding carboxylic acids is 3. The molecule has 1 unspecified atom stereocenters. The molecule has 518 valence electrons. The van der Waals surface area contributed by atoms with Crippen molar-refractivity contribution < 1.29 is 38.4 Å². The van der Waals surface area contributed by atoms with Crippen molar-refractivity contribution in [2.75, 3.05) is 9.80 Å². The van der Waals surface area contributed by atoms with Crippen molar-refractivity contribution in [2.24, 2.45) is 0 Å². The van der Waals surface area contributed by atoms with Crippen LogP contribution in [0.5, 0.6) is 46.0 Å². The zero-order chi connectivity index (χ0) is 72.8. The minimum Gasteiger partial charge on any atom is -0.457 e. The van der Waals surface area contributed by atoms with Gasteiger partial charge in [0, 0.05) is 48.7 Å². The lowest BCUT2D eigenvalue weighted by molar-refractivity contribution is 0.0870. The monoisotopic (exact) mass is 1380 g/mol. The van der Waals surface area contributed by atoms with Crippen LogP contribution in [0.2, 0.25) is 0 Å². The zero-order valence-corrected chi connectivity index (χ0v) is 60.1. The number of ether oxygens (including phenoxy) is 4. The second-order valence-electron chi connectivity index (χ2n) is 28.9. The largest absolute Gasteiger partial charge is 0.457 e. The number of aliphatic hydroxyl groups is 1. The summed E-state index contributed by atoms with van der Waals surface area (Å²) in [5.41, 5.74) is 13.5. The van der Waals surface area contributed by atoms with E-state index >= 15 is 14.4 Å². The van der Waals surface area contributed by atoms with Crippen molar-refractivity contribution >= 4 is 72.2 Å². The van der Waals surface area contributed by atoms with E-state index < -0.39 is 23.9 Å². The van der Waals surface area contributed by atoms with Crippen molar-refractivity contribution in [1.29, 1.82) is 0 Å². The number of imide groups is 1. The SMILES string of the molecule is CC(C)c1cccc(C(C)C)c1N1C(=O)c2cc(Oc3ccc(-c4ccccc4)cc3)c3c4c(Oc5ccc(-c6ccccc6)cc5)cc5c6c(cc(Oc7ccc(-c8ccccc8)cc7)c(c7c(Oc8ccc(-c9ccccc9)cc8)cc(c2c37)C1=O)c64)C(O)N(c1c(C(C)C)cccc1C(C)C)C5=O. The quantitative estimate of drug-likeness (QED) is 0.0513. The molecule has 106 heavy (non-hydrogen) atoms. The molecule has 2 aliphatic heterocycles. The summed E-state index contributed by atoms with van der Waals surface area (Å²) in [6, 6.07) is 91.2. The highest BCUT2D eigenvalue weighted by Gasteiger charge is 2.44. The summed E-state index contributed by atoms with van der Waals surface area (Å²) in [7, 11) is 0. The van der Waals surface area contributed by atoms with Gasteiger partial charge in [0.05, 0.1) is 28.1 Å². The summed E-state index contributed by atoms with van der Waals surface area (Å²) in [5.74, 6) is 0.931.